The number of hydrogen-bond donors (Lipinski definition) is 1. The molecule has 1 saturated heterocycles. The number of benzene rings is 2. The minimum Gasteiger partial charge on any atom is -0.339 e. The Morgan fingerprint density at radius 2 is 1.50 bits per heavy atom. The van der Waals surface area contributed by atoms with Crippen molar-refractivity contribution in [1.82, 2.24) is 15.1 Å². The van der Waals surface area contributed by atoms with Gasteiger partial charge in [-0.25, -0.2) is 0 Å². The number of hydrogen-bond acceptors (Lipinski definition) is 3. The summed E-state index contributed by atoms with van der Waals surface area (Å²) >= 11 is 0. The van der Waals surface area contributed by atoms with E-state index in [0.717, 1.165) is 39.1 Å². The molecule has 1 N–H and O–H groups in total. The molecule has 0 radical (unpaired) electrons. The van der Waals surface area contributed by atoms with Gasteiger partial charge in [-0.2, -0.15) is 0 Å². The first-order valence-corrected chi connectivity index (χ1v) is 9.52. The zero-order valence-corrected chi connectivity index (χ0v) is 15.6. The van der Waals surface area contributed by atoms with Crippen LogP contribution in [-0.2, 0) is 17.8 Å². The van der Waals surface area contributed by atoms with Crippen LogP contribution in [0.2, 0.25) is 0 Å². The molecule has 4 heteroatoms. The first kappa shape index (κ1) is 18.6. The van der Waals surface area contributed by atoms with Crippen LogP contribution >= 0.6 is 0 Å². The maximum absolute atomic E-state index is 12.5. The van der Waals surface area contributed by atoms with Gasteiger partial charge in [0.05, 0.1) is 6.54 Å². The highest BCUT2D eigenvalue weighted by molar-refractivity contribution is 5.78. The van der Waals surface area contributed by atoms with Crippen molar-refractivity contribution in [2.45, 2.75) is 25.9 Å². The monoisotopic (exact) mass is 351 g/mol. The van der Waals surface area contributed by atoms with Crippen LogP contribution in [0.15, 0.2) is 60.7 Å². The second kappa shape index (κ2) is 9.51. The third-order valence-electron chi connectivity index (χ3n) is 4.96. The number of nitrogens with zero attached hydrogens (tertiary/aromatic N) is 2. The summed E-state index contributed by atoms with van der Waals surface area (Å²) in [5, 5.41) is 3.37. The summed E-state index contributed by atoms with van der Waals surface area (Å²) in [6.07, 6.45) is 0.943. The van der Waals surface area contributed by atoms with Gasteiger partial charge in [0.1, 0.15) is 0 Å². The molecule has 0 aliphatic carbocycles. The Hall–Kier alpha value is -2.17. The van der Waals surface area contributed by atoms with Crippen molar-refractivity contribution in [2.24, 2.45) is 0 Å². The molecular formula is C22H29N3O. The lowest BCUT2D eigenvalue weighted by atomic mass is 10.1. The van der Waals surface area contributed by atoms with E-state index in [0.29, 0.717) is 12.6 Å². The predicted octanol–water partition coefficient (Wildman–Crippen LogP) is 2.55. The van der Waals surface area contributed by atoms with E-state index in [1.54, 1.807) is 0 Å². The lowest BCUT2D eigenvalue weighted by Gasteiger charge is -2.35. The summed E-state index contributed by atoms with van der Waals surface area (Å²) in [5.74, 6) is 0.212. The highest BCUT2D eigenvalue weighted by Gasteiger charge is 2.21. The fraction of sp³-hybridized carbons (Fsp3) is 0.409. The molecule has 2 aromatic rings. The number of piperazine rings is 1. The average Bonchev–Trinajstić information content (AvgIpc) is 2.68. The number of amides is 1. The second-order valence-corrected chi connectivity index (χ2v) is 7.11. The van der Waals surface area contributed by atoms with Gasteiger partial charge in [0.2, 0.25) is 5.91 Å². The van der Waals surface area contributed by atoms with Crippen molar-refractivity contribution in [3.63, 3.8) is 0 Å². The number of carbonyl (C=O) groups excluding carboxylic acids is 1. The van der Waals surface area contributed by atoms with Crippen molar-refractivity contribution in [3.05, 3.63) is 71.8 Å². The average molecular weight is 351 g/mol. The Kier molecular flexibility index (Phi) is 6.81. The number of carbonyl (C=O) groups is 1. The van der Waals surface area contributed by atoms with Crippen molar-refractivity contribution in [3.8, 4) is 0 Å². The standard InChI is InChI=1S/C22H29N3O/c1-19(16-20-8-4-2-5-9-20)23-17-22(26)25-14-12-24(13-15-25)18-21-10-6-3-7-11-21/h2-11,19,23H,12-18H2,1H3/t19-/m1/s1. The minimum atomic E-state index is 0.212. The van der Waals surface area contributed by atoms with Gasteiger partial charge in [-0.05, 0) is 24.5 Å². The molecule has 1 aliphatic heterocycles. The molecule has 0 aromatic heterocycles. The van der Waals surface area contributed by atoms with E-state index >= 15 is 0 Å². The fourth-order valence-electron chi connectivity index (χ4n) is 3.41. The van der Waals surface area contributed by atoms with Gasteiger partial charge in [-0.1, -0.05) is 60.7 Å². The third kappa shape index (κ3) is 5.68. The molecule has 0 saturated carbocycles. The van der Waals surface area contributed by atoms with Crippen LogP contribution in [0.5, 0.6) is 0 Å². The Morgan fingerprint density at radius 3 is 2.12 bits per heavy atom. The van der Waals surface area contributed by atoms with Gasteiger partial charge in [-0.3, -0.25) is 9.69 Å². The normalized spacial score (nSPS) is 16.4. The van der Waals surface area contributed by atoms with E-state index in [1.807, 2.05) is 17.0 Å². The van der Waals surface area contributed by atoms with Crippen LogP contribution in [0.4, 0.5) is 0 Å². The van der Waals surface area contributed by atoms with Crippen LogP contribution in [-0.4, -0.2) is 54.5 Å². The van der Waals surface area contributed by atoms with E-state index in [-0.39, 0.29) is 5.91 Å². The zero-order valence-electron chi connectivity index (χ0n) is 15.6. The molecule has 1 amide bonds. The lowest BCUT2D eigenvalue weighted by Crippen LogP contribution is -2.51. The van der Waals surface area contributed by atoms with E-state index in [2.05, 4.69) is 65.7 Å². The molecule has 2 aromatic carbocycles. The van der Waals surface area contributed by atoms with E-state index in [4.69, 9.17) is 0 Å². The summed E-state index contributed by atoms with van der Waals surface area (Å²) in [4.78, 5) is 16.9. The Morgan fingerprint density at radius 1 is 0.923 bits per heavy atom. The van der Waals surface area contributed by atoms with Crippen LogP contribution in [0.3, 0.4) is 0 Å². The molecule has 1 heterocycles. The SMILES string of the molecule is C[C@H](Cc1ccccc1)NCC(=O)N1CCN(Cc2ccccc2)CC1. The van der Waals surface area contributed by atoms with Crippen molar-refractivity contribution in [1.29, 1.82) is 0 Å². The molecule has 26 heavy (non-hydrogen) atoms. The molecule has 1 fully saturated rings. The Bertz CT molecular complexity index is 666. The summed E-state index contributed by atoms with van der Waals surface area (Å²) < 4.78 is 0. The molecule has 1 aliphatic rings. The highest BCUT2D eigenvalue weighted by Crippen LogP contribution is 2.09. The molecule has 0 spiro atoms. The van der Waals surface area contributed by atoms with Crippen molar-refractivity contribution in [2.75, 3.05) is 32.7 Å². The second-order valence-electron chi connectivity index (χ2n) is 7.11. The predicted molar refractivity (Wildman–Crippen MR) is 106 cm³/mol. The molecule has 0 unspecified atom stereocenters. The van der Waals surface area contributed by atoms with Gasteiger partial charge in [0.25, 0.3) is 0 Å². The summed E-state index contributed by atoms with van der Waals surface area (Å²) in [6.45, 7) is 7.06. The van der Waals surface area contributed by atoms with E-state index in [9.17, 15) is 4.79 Å². The van der Waals surface area contributed by atoms with Crippen LogP contribution < -0.4 is 5.32 Å². The number of rotatable bonds is 7. The molecular weight excluding hydrogens is 322 g/mol. The van der Waals surface area contributed by atoms with Gasteiger partial charge < -0.3 is 10.2 Å². The number of nitrogens with one attached hydrogen (secondary N) is 1. The van der Waals surface area contributed by atoms with Crippen molar-refractivity contribution < 1.29 is 4.79 Å². The minimum absolute atomic E-state index is 0.212. The summed E-state index contributed by atoms with van der Waals surface area (Å²) in [6, 6.07) is 21.2. The highest BCUT2D eigenvalue weighted by atomic mass is 16.2. The Balaban J connectivity index is 1.37. The van der Waals surface area contributed by atoms with Crippen molar-refractivity contribution >= 4 is 5.91 Å². The van der Waals surface area contributed by atoms with Crippen LogP contribution in [0.1, 0.15) is 18.1 Å². The summed E-state index contributed by atoms with van der Waals surface area (Å²) in [5.41, 5.74) is 2.64. The fourth-order valence-corrected chi connectivity index (χ4v) is 3.41. The van der Waals surface area contributed by atoms with Gasteiger partial charge in [0, 0.05) is 38.8 Å². The molecule has 3 rings (SSSR count). The molecule has 0 bridgehead atoms. The zero-order chi connectivity index (χ0) is 18.2. The third-order valence-corrected chi connectivity index (χ3v) is 4.96. The molecule has 1 atom stereocenters. The molecule has 4 nitrogen and oxygen atoms in total. The maximum Gasteiger partial charge on any atom is 0.236 e. The largest absolute Gasteiger partial charge is 0.339 e. The van der Waals surface area contributed by atoms with E-state index in [1.165, 1.54) is 11.1 Å². The van der Waals surface area contributed by atoms with E-state index < -0.39 is 0 Å². The maximum atomic E-state index is 12.5. The Labute approximate surface area is 156 Å². The van der Waals surface area contributed by atoms with Gasteiger partial charge in [0.15, 0.2) is 0 Å². The van der Waals surface area contributed by atoms with Gasteiger partial charge >= 0.3 is 0 Å². The molecule has 138 valence electrons. The van der Waals surface area contributed by atoms with Crippen LogP contribution in [0, 0.1) is 0 Å². The van der Waals surface area contributed by atoms with Gasteiger partial charge in [-0.15, -0.1) is 0 Å². The first-order valence-electron chi connectivity index (χ1n) is 9.52. The van der Waals surface area contributed by atoms with Crippen LogP contribution in [0.25, 0.3) is 0 Å². The smallest absolute Gasteiger partial charge is 0.236 e. The lowest BCUT2D eigenvalue weighted by molar-refractivity contribution is -0.132. The summed E-state index contributed by atoms with van der Waals surface area (Å²) in [7, 11) is 0. The topological polar surface area (TPSA) is 35.6 Å². The quantitative estimate of drug-likeness (QED) is 0.833. The first-order chi connectivity index (χ1) is 12.7.